The normalized spacial score (nSPS) is 10.7. The molecule has 0 unspecified atom stereocenters. The quantitative estimate of drug-likeness (QED) is 0.292. The molecule has 36 heavy (non-hydrogen) atoms. The summed E-state index contributed by atoms with van der Waals surface area (Å²) >= 11 is 1.18. The van der Waals surface area contributed by atoms with E-state index in [2.05, 4.69) is 15.6 Å². The molecular weight excluding hydrogens is 468 g/mol. The minimum Gasteiger partial charge on any atom is -0.321 e. The average Bonchev–Trinajstić information content (AvgIpc) is 3.22. The van der Waals surface area contributed by atoms with Crippen molar-refractivity contribution in [2.45, 2.75) is 40.8 Å². The third-order valence-electron chi connectivity index (χ3n) is 5.85. The van der Waals surface area contributed by atoms with Crippen molar-refractivity contribution in [2.75, 3.05) is 10.6 Å². The Hall–Kier alpha value is -3.97. The van der Waals surface area contributed by atoms with Crippen molar-refractivity contribution in [3.8, 4) is 0 Å². The zero-order chi connectivity index (χ0) is 25.7. The van der Waals surface area contributed by atoms with E-state index >= 15 is 0 Å². The number of nitrogens with one attached hydrogen (secondary N) is 2. The van der Waals surface area contributed by atoms with Crippen LogP contribution in [0.25, 0.3) is 0 Å². The number of benzene rings is 3. The summed E-state index contributed by atoms with van der Waals surface area (Å²) in [6, 6.07) is 23.5. The molecule has 4 rings (SSSR count). The number of hydrogen-bond acceptors (Lipinski definition) is 4. The van der Waals surface area contributed by atoms with Gasteiger partial charge in [-0.3, -0.25) is 10.1 Å². The van der Waals surface area contributed by atoms with Gasteiger partial charge in [0, 0.05) is 18.8 Å². The number of amides is 3. The van der Waals surface area contributed by atoms with Gasteiger partial charge >= 0.3 is 6.03 Å². The Bertz CT molecular complexity index is 1300. The van der Waals surface area contributed by atoms with Crippen molar-refractivity contribution in [1.82, 2.24) is 9.88 Å². The highest BCUT2D eigenvalue weighted by atomic mass is 32.1. The smallest absolute Gasteiger partial charge is 0.321 e. The third-order valence-corrected chi connectivity index (χ3v) is 6.92. The number of hydrogen-bond donors (Lipinski definition) is 2. The molecule has 0 aliphatic carbocycles. The van der Waals surface area contributed by atoms with Gasteiger partial charge < -0.3 is 10.2 Å². The highest BCUT2D eigenvalue weighted by molar-refractivity contribution is 7.17. The third kappa shape index (κ3) is 6.17. The first-order valence-corrected chi connectivity index (χ1v) is 12.6. The maximum atomic E-state index is 13.3. The Morgan fingerprint density at radius 2 is 1.33 bits per heavy atom. The topological polar surface area (TPSA) is 74.3 Å². The predicted octanol–water partition coefficient (Wildman–Crippen LogP) is 6.86. The zero-order valence-corrected chi connectivity index (χ0v) is 21.8. The number of aryl methyl sites for hydroxylation is 4. The monoisotopic (exact) mass is 498 g/mol. The molecule has 0 spiro atoms. The van der Waals surface area contributed by atoms with Crippen molar-refractivity contribution >= 4 is 34.1 Å². The number of thiazole rings is 1. The zero-order valence-electron chi connectivity index (χ0n) is 21.0. The molecule has 0 saturated carbocycles. The van der Waals surface area contributed by atoms with Crippen LogP contribution in [0.15, 0.2) is 72.8 Å². The summed E-state index contributed by atoms with van der Waals surface area (Å²) < 4.78 is 0. The summed E-state index contributed by atoms with van der Waals surface area (Å²) in [5, 5.41) is 6.33. The van der Waals surface area contributed by atoms with Crippen LogP contribution in [0.2, 0.25) is 0 Å². The molecule has 6 nitrogen and oxygen atoms in total. The van der Waals surface area contributed by atoms with Gasteiger partial charge in [-0.05, 0) is 49.9 Å². The molecule has 0 fully saturated rings. The SMILES string of the molecule is Cc1cc(C)c(NC(=O)c2sc(NC(=O)N(Cc3ccccc3)Cc3ccccc3)nc2C)c(C)c1. The van der Waals surface area contributed by atoms with Gasteiger partial charge in [0.1, 0.15) is 4.88 Å². The van der Waals surface area contributed by atoms with Gasteiger partial charge in [0.2, 0.25) is 0 Å². The van der Waals surface area contributed by atoms with Crippen LogP contribution in [0, 0.1) is 27.7 Å². The lowest BCUT2D eigenvalue weighted by atomic mass is 10.1. The molecule has 0 saturated heterocycles. The molecule has 1 aromatic heterocycles. The van der Waals surface area contributed by atoms with Crippen LogP contribution in [0.4, 0.5) is 15.6 Å². The Kier molecular flexibility index (Phi) is 7.80. The van der Waals surface area contributed by atoms with E-state index in [9.17, 15) is 9.59 Å². The molecule has 184 valence electrons. The largest absolute Gasteiger partial charge is 0.324 e. The van der Waals surface area contributed by atoms with E-state index in [1.54, 1.807) is 11.8 Å². The molecule has 3 aromatic carbocycles. The summed E-state index contributed by atoms with van der Waals surface area (Å²) in [5.74, 6) is -0.231. The standard InChI is InChI=1S/C29H30N4O2S/c1-19-15-20(2)25(21(3)16-19)31-27(34)26-22(4)30-28(36-26)32-29(35)33(17-23-11-7-5-8-12-23)18-24-13-9-6-10-14-24/h5-16H,17-18H2,1-4H3,(H,31,34)(H,30,32,35). The van der Waals surface area contributed by atoms with E-state index in [4.69, 9.17) is 0 Å². The fraction of sp³-hybridized carbons (Fsp3) is 0.207. The number of carbonyl (C=O) groups excluding carboxylic acids is 2. The number of rotatable bonds is 7. The first-order chi connectivity index (χ1) is 17.3. The van der Waals surface area contributed by atoms with Gasteiger partial charge in [-0.25, -0.2) is 9.78 Å². The van der Waals surface area contributed by atoms with Crippen molar-refractivity contribution in [3.63, 3.8) is 0 Å². The fourth-order valence-electron chi connectivity index (χ4n) is 4.19. The van der Waals surface area contributed by atoms with Gasteiger partial charge in [-0.15, -0.1) is 0 Å². The summed E-state index contributed by atoms with van der Waals surface area (Å²) in [6.07, 6.45) is 0. The van der Waals surface area contributed by atoms with Gasteiger partial charge in [-0.2, -0.15) is 0 Å². The molecule has 0 radical (unpaired) electrons. The molecular formula is C29H30N4O2S. The number of urea groups is 1. The van der Waals surface area contributed by atoms with Crippen LogP contribution >= 0.6 is 11.3 Å². The first-order valence-electron chi connectivity index (χ1n) is 11.8. The fourth-order valence-corrected chi connectivity index (χ4v) is 5.04. The van der Waals surface area contributed by atoms with Crippen molar-refractivity contribution < 1.29 is 9.59 Å². The molecule has 0 bridgehead atoms. The number of anilines is 2. The second-order valence-corrected chi connectivity index (χ2v) is 9.92. The second-order valence-electron chi connectivity index (χ2n) is 8.92. The van der Waals surface area contributed by atoms with Gasteiger partial charge in [0.25, 0.3) is 5.91 Å². The predicted molar refractivity (Wildman–Crippen MR) is 147 cm³/mol. The van der Waals surface area contributed by atoms with Crippen LogP contribution < -0.4 is 10.6 Å². The number of aromatic nitrogens is 1. The molecule has 0 atom stereocenters. The molecule has 4 aromatic rings. The Balaban J connectivity index is 1.51. The lowest BCUT2D eigenvalue weighted by Gasteiger charge is -2.23. The molecule has 2 N–H and O–H groups in total. The highest BCUT2D eigenvalue weighted by Gasteiger charge is 2.21. The van der Waals surface area contributed by atoms with Crippen molar-refractivity contribution in [1.29, 1.82) is 0 Å². The molecule has 0 aliphatic heterocycles. The maximum absolute atomic E-state index is 13.3. The summed E-state index contributed by atoms with van der Waals surface area (Å²) in [5.41, 5.74) is 6.61. The van der Waals surface area contributed by atoms with Crippen molar-refractivity contribution in [3.05, 3.63) is 111 Å². The van der Waals surface area contributed by atoms with E-state index < -0.39 is 0 Å². The Labute approximate surface area is 216 Å². The van der Waals surface area contributed by atoms with E-state index in [1.165, 1.54) is 11.3 Å². The van der Waals surface area contributed by atoms with Gasteiger partial charge in [0.15, 0.2) is 5.13 Å². The van der Waals surface area contributed by atoms with E-state index in [0.717, 1.165) is 33.5 Å². The van der Waals surface area contributed by atoms with Crippen molar-refractivity contribution in [2.24, 2.45) is 0 Å². The molecule has 0 aliphatic rings. The highest BCUT2D eigenvalue weighted by Crippen LogP contribution is 2.27. The van der Waals surface area contributed by atoms with E-state index in [1.807, 2.05) is 93.6 Å². The van der Waals surface area contributed by atoms with Crippen LogP contribution in [0.1, 0.15) is 43.2 Å². The Morgan fingerprint density at radius 3 is 1.86 bits per heavy atom. The number of carbonyl (C=O) groups is 2. The molecule has 7 heteroatoms. The molecule has 1 heterocycles. The maximum Gasteiger partial charge on any atom is 0.324 e. The van der Waals surface area contributed by atoms with E-state index in [0.29, 0.717) is 28.8 Å². The second kappa shape index (κ2) is 11.2. The summed E-state index contributed by atoms with van der Waals surface area (Å²) in [6.45, 7) is 8.68. The van der Waals surface area contributed by atoms with Crippen LogP contribution in [-0.4, -0.2) is 21.8 Å². The average molecular weight is 499 g/mol. The molecule has 3 amide bonds. The van der Waals surface area contributed by atoms with Gasteiger partial charge in [-0.1, -0.05) is 89.7 Å². The van der Waals surface area contributed by atoms with Crippen LogP contribution in [0.3, 0.4) is 0 Å². The Morgan fingerprint density at radius 1 is 0.806 bits per heavy atom. The van der Waals surface area contributed by atoms with Crippen LogP contribution in [-0.2, 0) is 13.1 Å². The van der Waals surface area contributed by atoms with Crippen LogP contribution in [0.5, 0.6) is 0 Å². The minimum atomic E-state index is -0.270. The summed E-state index contributed by atoms with van der Waals surface area (Å²) in [7, 11) is 0. The van der Waals surface area contributed by atoms with E-state index in [-0.39, 0.29) is 11.9 Å². The lowest BCUT2D eigenvalue weighted by molar-refractivity contribution is 0.102. The minimum absolute atomic E-state index is 0.231. The van der Waals surface area contributed by atoms with Gasteiger partial charge in [0.05, 0.1) is 5.69 Å². The summed E-state index contributed by atoms with van der Waals surface area (Å²) in [4.78, 5) is 33.1. The number of nitrogens with zero attached hydrogens (tertiary/aromatic N) is 2. The first kappa shape index (κ1) is 25.1. The lowest BCUT2D eigenvalue weighted by Crippen LogP contribution is -2.34.